The number of rotatable bonds is 6. The summed E-state index contributed by atoms with van der Waals surface area (Å²) in [7, 11) is 0. The van der Waals surface area contributed by atoms with Crippen molar-refractivity contribution in [2.24, 2.45) is 0 Å². The lowest BCUT2D eigenvalue weighted by molar-refractivity contribution is -0.118. The van der Waals surface area contributed by atoms with Crippen LogP contribution in [0.15, 0.2) is 48.5 Å². The molecule has 0 aliphatic carbocycles. The molecule has 0 fully saturated rings. The van der Waals surface area contributed by atoms with Gasteiger partial charge in [-0.2, -0.15) is 0 Å². The van der Waals surface area contributed by atoms with Gasteiger partial charge in [0.1, 0.15) is 5.78 Å². The summed E-state index contributed by atoms with van der Waals surface area (Å²) in [6.45, 7) is 2.23. The number of hydrogen-bond acceptors (Lipinski definition) is 2. The number of carbonyl (C=O) groups excluding carboxylic acids is 2. The van der Waals surface area contributed by atoms with E-state index in [1.165, 1.54) is 0 Å². The van der Waals surface area contributed by atoms with Gasteiger partial charge in [0.05, 0.1) is 10.6 Å². The van der Waals surface area contributed by atoms with Crippen LogP contribution in [-0.4, -0.2) is 11.7 Å². The van der Waals surface area contributed by atoms with Crippen molar-refractivity contribution in [3.05, 3.63) is 70.2 Å². The number of hydrogen-bond donors (Lipinski definition) is 1. The standard InChI is InChI=1S/C18H18ClNO2/c1-2-15(21)11-14-9-6-10-16(19)17(14)18(22)20-12-13-7-4-3-5-8-13/h3-10H,2,11-12H2,1H3,(H,20,22). The van der Waals surface area contributed by atoms with Crippen molar-refractivity contribution >= 4 is 23.3 Å². The monoisotopic (exact) mass is 315 g/mol. The van der Waals surface area contributed by atoms with Crippen LogP contribution in [0.1, 0.15) is 34.8 Å². The molecule has 0 bridgehead atoms. The van der Waals surface area contributed by atoms with E-state index in [9.17, 15) is 9.59 Å². The van der Waals surface area contributed by atoms with Crippen molar-refractivity contribution in [3.63, 3.8) is 0 Å². The third kappa shape index (κ3) is 4.18. The van der Waals surface area contributed by atoms with Gasteiger partial charge in [0.25, 0.3) is 5.91 Å². The Hall–Kier alpha value is -2.13. The van der Waals surface area contributed by atoms with Crippen molar-refractivity contribution < 1.29 is 9.59 Å². The zero-order valence-electron chi connectivity index (χ0n) is 12.4. The first-order valence-corrected chi connectivity index (χ1v) is 7.60. The van der Waals surface area contributed by atoms with E-state index in [0.717, 1.165) is 5.56 Å². The molecule has 3 nitrogen and oxygen atoms in total. The fourth-order valence-electron chi connectivity index (χ4n) is 2.17. The summed E-state index contributed by atoms with van der Waals surface area (Å²) < 4.78 is 0. The van der Waals surface area contributed by atoms with Gasteiger partial charge < -0.3 is 5.32 Å². The molecule has 0 aliphatic heterocycles. The van der Waals surface area contributed by atoms with E-state index in [1.54, 1.807) is 18.2 Å². The quantitative estimate of drug-likeness (QED) is 0.881. The lowest BCUT2D eigenvalue weighted by atomic mass is 10.0. The van der Waals surface area contributed by atoms with Crippen LogP contribution in [0.2, 0.25) is 5.02 Å². The first-order valence-electron chi connectivity index (χ1n) is 7.23. The summed E-state index contributed by atoms with van der Waals surface area (Å²) in [6.07, 6.45) is 0.669. The third-order valence-corrected chi connectivity index (χ3v) is 3.72. The minimum atomic E-state index is -0.256. The van der Waals surface area contributed by atoms with Crippen LogP contribution in [0.25, 0.3) is 0 Å². The Morgan fingerprint density at radius 2 is 1.77 bits per heavy atom. The molecule has 4 heteroatoms. The number of benzene rings is 2. The average molecular weight is 316 g/mol. The van der Waals surface area contributed by atoms with Crippen molar-refractivity contribution in [1.29, 1.82) is 0 Å². The fourth-order valence-corrected chi connectivity index (χ4v) is 2.45. The molecule has 0 aromatic heterocycles. The van der Waals surface area contributed by atoms with E-state index < -0.39 is 0 Å². The zero-order valence-corrected chi connectivity index (χ0v) is 13.2. The van der Waals surface area contributed by atoms with Crippen LogP contribution in [0.5, 0.6) is 0 Å². The van der Waals surface area contributed by atoms with Gasteiger partial charge in [-0.25, -0.2) is 0 Å². The first kappa shape index (κ1) is 16.2. The Labute approximate surface area is 135 Å². The highest BCUT2D eigenvalue weighted by molar-refractivity contribution is 6.34. The lowest BCUT2D eigenvalue weighted by Gasteiger charge is -2.11. The lowest BCUT2D eigenvalue weighted by Crippen LogP contribution is -2.25. The van der Waals surface area contributed by atoms with Crippen molar-refractivity contribution in [3.8, 4) is 0 Å². The number of carbonyl (C=O) groups is 2. The third-order valence-electron chi connectivity index (χ3n) is 3.40. The minimum Gasteiger partial charge on any atom is -0.348 e. The molecule has 2 aromatic carbocycles. The van der Waals surface area contributed by atoms with Crippen LogP contribution in [0.3, 0.4) is 0 Å². The second kappa shape index (κ2) is 7.76. The Bertz CT molecular complexity index is 668. The molecule has 0 radical (unpaired) electrons. The smallest absolute Gasteiger partial charge is 0.253 e. The average Bonchev–Trinajstić information content (AvgIpc) is 2.53. The summed E-state index contributed by atoms with van der Waals surface area (Å²) >= 11 is 6.16. The predicted molar refractivity (Wildman–Crippen MR) is 88.1 cm³/mol. The van der Waals surface area contributed by atoms with Crippen molar-refractivity contribution in [1.82, 2.24) is 5.32 Å². The number of amides is 1. The van der Waals surface area contributed by atoms with Crippen LogP contribution in [0.4, 0.5) is 0 Å². The van der Waals surface area contributed by atoms with Gasteiger partial charge >= 0.3 is 0 Å². The topological polar surface area (TPSA) is 46.2 Å². The number of nitrogens with one attached hydrogen (secondary N) is 1. The molecule has 0 heterocycles. The number of halogens is 1. The van der Waals surface area contributed by atoms with Crippen LogP contribution < -0.4 is 5.32 Å². The highest BCUT2D eigenvalue weighted by atomic mass is 35.5. The van der Waals surface area contributed by atoms with Crippen molar-refractivity contribution in [2.75, 3.05) is 0 Å². The molecule has 0 atom stereocenters. The summed E-state index contributed by atoms with van der Waals surface area (Å²) in [5.74, 6) is -0.173. The Kier molecular flexibility index (Phi) is 5.73. The maximum absolute atomic E-state index is 12.4. The molecule has 22 heavy (non-hydrogen) atoms. The molecule has 2 aromatic rings. The first-order chi connectivity index (χ1) is 10.6. The molecular weight excluding hydrogens is 298 g/mol. The maximum atomic E-state index is 12.4. The normalized spacial score (nSPS) is 10.3. The van der Waals surface area contributed by atoms with E-state index in [2.05, 4.69) is 5.32 Å². The highest BCUT2D eigenvalue weighted by Crippen LogP contribution is 2.21. The minimum absolute atomic E-state index is 0.0828. The number of ketones is 1. The fraction of sp³-hybridized carbons (Fsp3) is 0.222. The second-order valence-electron chi connectivity index (χ2n) is 5.01. The van der Waals surface area contributed by atoms with Crippen molar-refractivity contribution in [2.45, 2.75) is 26.3 Å². The molecule has 0 saturated heterocycles. The van der Waals surface area contributed by atoms with Gasteiger partial charge in [0, 0.05) is 19.4 Å². The summed E-state index contributed by atoms with van der Waals surface area (Å²) in [4.78, 5) is 24.1. The van der Waals surface area contributed by atoms with Gasteiger partial charge in [-0.3, -0.25) is 9.59 Å². The van der Waals surface area contributed by atoms with Gasteiger partial charge in [-0.1, -0.05) is 61.0 Å². The largest absolute Gasteiger partial charge is 0.348 e. The Morgan fingerprint density at radius 1 is 1.05 bits per heavy atom. The van der Waals surface area contributed by atoms with Gasteiger partial charge in [0.15, 0.2) is 0 Å². The zero-order chi connectivity index (χ0) is 15.9. The van der Waals surface area contributed by atoms with E-state index in [4.69, 9.17) is 11.6 Å². The Balaban J connectivity index is 2.16. The van der Waals surface area contributed by atoms with E-state index in [0.29, 0.717) is 29.1 Å². The Morgan fingerprint density at radius 3 is 2.45 bits per heavy atom. The maximum Gasteiger partial charge on any atom is 0.253 e. The van der Waals surface area contributed by atoms with Crippen LogP contribution in [0, 0.1) is 0 Å². The molecule has 2 rings (SSSR count). The number of Topliss-reactive ketones (excluding diaryl/α,β-unsaturated/α-hetero) is 1. The van der Waals surface area contributed by atoms with Crippen LogP contribution in [-0.2, 0) is 17.8 Å². The summed E-state index contributed by atoms with van der Waals surface area (Å²) in [5, 5.41) is 3.22. The van der Waals surface area contributed by atoms with Gasteiger partial charge in [-0.05, 0) is 17.2 Å². The molecule has 0 saturated carbocycles. The SMILES string of the molecule is CCC(=O)Cc1cccc(Cl)c1C(=O)NCc1ccccc1. The summed E-state index contributed by atoms with van der Waals surface area (Å²) in [5.41, 5.74) is 2.07. The van der Waals surface area contributed by atoms with Crippen LogP contribution >= 0.6 is 11.6 Å². The molecule has 1 N–H and O–H groups in total. The molecule has 0 unspecified atom stereocenters. The summed E-state index contributed by atoms with van der Waals surface area (Å²) in [6, 6.07) is 14.8. The van der Waals surface area contributed by atoms with E-state index >= 15 is 0 Å². The van der Waals surface area contributed by atoms with Gasteiger partial charge in [0.2, 0.25) is 0 Å². The van der Waals surface area contributed by atoms with E-state index in [1.807, 2.05) is 37.3 Å². The highest BCUT2D eigenvalue weighted by Gasteiger charge is 2.16. The molecule has 0 aliphatic rings. The predicted octanol–water partition coefficient (Wildman–Crippen LogP) is 3.79. The molecule has 0 spiro atoms. The second-order valence-corrected chi connectivity index (χ2v) is 5.42. The molecule has 114 valence electrons. The van der Waals surface area contributed by atoms with Gasteiger partial charge in [-0.15, -0.1) is 0 Å². The molecular formula is C18H18ClNO2. The molecule has 1 amide bonds. The van der Waals surface area contributed by atoms with E-state index in [-0.39, 0.29) is 18.1 Å².